The van der Waals surface area contributed by atoms with Gasteiger partial charge in [-0.05, 0) is 32.3 Å². The van der Waals surface area contributed by atoms with E-state index < -0.39 is 6.10 Å². The zero-order valence-electron chi connectivity index (χ0n) is 11.9. The predicted molar refractivity (Wildman–Crippen MR) is 73.2 cm³/mol. The molecule has 19 heavy (non-hydrogen) atoms. The molecular formula is C15H22O4. The van der Waals surface area contributed by atoms with E-state index in [0.29, 0.717) is 25.9 Å². The van der Waals surface area contributed by atoms with Crippen LogP contribution >= 0.6 is 0 Å². The van der Waals surface area contributed by atoms with Gasteiger partial charge in [-0.3, -0.25) is 9.59 Å². The zero-order chi connectivity index (χ0) is 14.5. The van der Waals surface area contributed by atoms with E-state index in [1.807, 2.05) is 13.0 Å². The third-order valence-electron chi connectivity index (χ3n) is 2.14. The van der Waals surface area contributed by atoms with Crippen LogP contribution in [0.1, 0.15) is 46.5 Å². The molecule has 0 heterocycles. The minimum atomic E-state index is -0.464. The van der Waals surface area contributed by atoms with Crippen molar-refractivity contribution in [2.24, 2.45) is 0 Å². The minimum Gasteiger partial charge on any atom is -0.466 e. The Morgan fingerprint density at radius 2 is 2.05 bits per heavy atom. The molecule has 1 atom stereocenters. The number of hydrogen-bond acceptors (Lipinski definition) is 4. The summed E-state index contributed by atoms with van der Waals surface area (Å²) in [5, 5.41) is 0. The molecule has 4 nitrogen and oxygen atoms in total. The van der Waals surface area contributed by atoms with Gasteiger partial charge in [-0.25, -0.2) is 0 Å². The largest absolute Gasteiger partial charge is 0.466 e. The van der Waals surface area contributed by atoms with Crippen LogP contribution in [-0.2, 0) is 19.1 Å². The number of ether oxygens (including phenoxy) is 2. The summed E-state index contributed by atoms with van der Waals surface area (Å²) in [6.45, 7) is 5.52. The molecule has 0 aliphatic carbocycles. The Balaban J connectivity index is 4.19. The van der Waals surface area contributed by atoms with Crippen LogP contribution in [0.25, 0.3) is 0 Å². The second kappa shape index (κ2) is 11.3. The van der Waals surface area contributed by atoms with Crippen molar-refractivity contribution in [1.82, 2.24) is 0 Å². The summed E-state index contributed by atoms with van der Waals surface area (Å²) < 4.78 is 9.90. The first-order chi connectivity index (χ1) is 9.10. The molecule has 0 aromatic carbocycles. The average molecular weight is 266 g/mol. The second-order valence-electron chi connectivity index (χ2n) is 3.89. The van der Waals surface area contributed by atoms with E-state index in [9.17, 15) is 9.59 Å². The number of rotatable bonds is 7. The summed E-state index contributed by atoms with van der Waals surface area (Å²) in [5.74, 6) is 5.09. The molecule has 0 bridgehead atoms. The maximum atomic E-state index is 11.2. The second-order valence-corrected chi connectivity index (χ2v) is 3.89. The smallest absolute Gasteiger partial charge is 0.305 e. The van der Waals surface area contributed by atoms with Crippen molar-refractivity contribution in [2.45, 2.75) is 52.6 Å². The molecule has 0 radical (unpaired) electrons. The Morgan fingerprint density at radius 1 is 1.32 bits per heavy atom. The highest BCUT2D eigenvalue weighted by atomic mass is 16.5. The van der Waals surface area contributed by atoms with Crippen molar-refractivity contribution >= 4 is 11.9 Å². The van der Waals surface area contributed by atoms with E-state index in [0.717, 1.165) is 6.42 Å². The Kier molecular flexibility index (Phi) is 10.3. The van der Waals surface area contributed by atoms with Crippen LogP contribution in [0.3, 0.4) is 0 Å². The fraction of sp³-hybridized carbons (Fsp3) is 0.600. The van der Waals surface area contributed by atoms with Crippen molar-refractivity contribution in [1.29, 1.82) is 0 Å². The van der Waals surface area contributed by atoms with E-state index in [4.69, 9.17) is 9.47 Å². The molecule has 4 heteroatoms. The molecule has 0 unspecified atom stereocenters. The van der Waals surface area contributed by atoms with Crippen LogP contribution in [0.15, 0.2) is 12.2 Å². The van der Waals surface area contributed by atoms with Crippen LogP contribution in [0.4, 0.5) is 0 Å². The van der Waals surface area contributed by atoms with Crippen LogP contribution in [0.5, 0.6) is 0 Å². The fourth-order valence-corrected chi connectivity index (χ4v) is 1.34. The van der Waals surface area contributed by atoms with Gasteiger partial charge in [0, 0.05) is 13.3 Å². The summed E-state index contributed by atoms with van der Waals surface area (Å²) in [6, 6.07) is 0. The van der Waals surface area contributed by atoms with Gasteiger partial charge in [0.1, 0.15) is 0 Å². The summed E-state index contributed by atoms with van der Waals surface area (Å²) in [7, 11) is 0. The molecule has 0 N–H and O–H groups in total. The zero-order valence-corrected chi connectivity index (χ0v) is 11.9. The van der Waals surface area contributed by atoms with E-state index >= 15 is 0 Å². The van der Waals surface area contributed by atoms with Crippen LogP contribution in [-0.4, -0.2) is 24.6 Å². The lowest BCUT2D eigenvalue weighted by Gasteiger charge is -2.10. The first-order valence-corrected chi connectivity index (χ1v) is 6.59. The van der Waals surface area contributed by atoms with Gasteiger partial charge < -0.3 is 9.47 Å². The maximum absolute atomic E-state index is 11.2. The molecule has 0 amide bonds. The highest BCUT2D eigenvalue weighted by molar-refractivity contribution is 5.69. The monoisotopic (exact) mass is 266 g/mol. The van der Waals surface area contributed by atoms with Gasteiger partial charge in [-0.2, -0.15) is 0 Å². The average Bonchev–Trinajstić information content (AvgIpc) is 2.34. The van der Waals surface area contributed by atoms with E-state index in [-0.39, 0.29) is 11.9 Å². The third kappa shape index (κ3) is 11.1. The minimum absolute atomic E-state index is 0.233. The summed E-state index contributed by atoms with van der Waals surface area (Å²) in [6.07, 6.45) is 5.55. The number of carbonyl (C=O) groups excluding carboxylic acids is 2. The third-order valence-corrected chi connectivity index (χ3v) is 2.14. The highest BCUT2D eigenvalue weighted by Crippen LogP contribution is 2.06. The molecule has 0 aliphatic heterocycles. The topological polar surface area (TPSA) is 52.6 Å². The van der Waals surface area contributed by atoms with Crippen molar-refractivity contribution in [2.75, 3.05) is 6.61 Å². The standard InChI is InChI=1S/C15H22O4/c1-4-6-7-8-10-14(19-13(3)16)11-9-12-15(17)18-5-2/h6-7,14H,4-5,9,11-12H2,1-3H3/b7-6+/t14-/m1/s1. The molecule has 0 saturated heterocycles. The van der Waals surface area contributed by atoms with Gasteiger partial charge in [0.25, 0.3) is 0 Å². The van der Waals surface area contributed by atoms with Gasteiger partial charge >= 0.3 is 11.9 Å². The first kappa shape index (κ1) is 17.2. The van der Waals surface area contributed by atoms with E-state index in [2.05, 4.69) is 11.8 Å². The summed E-state index contributed by atoms with van der Waals surface area (Å²) in [4.78, 5) is 22.1. The number of esters is 2. The van der Waals surface area contributed by atoms with Crippen molar-refractivity contribution in [3.05, 3.63) is 12.2 Å². The van der Waals surface area contributed by atoms with Crippen LogP contribution < -0.4 is 0 Å². The number of hydrogen-bond donors (Lipinski definition) is 0. The molecule has 106 valence electrons. The van der Waals surface area contributed by atoms with E-state index in [1.54, 1.807) is 13.0 Å². The van der Waals surface area contributed by atoms with Gasteiger partial charge in [-0.1, -0.05) is 24.8 Å². The molecule has 0 spiro atoms. The van der Waals surface area contributed by atoms with Crippen molar-refractivity contribution in [3.63, 3.8) is 0 Å². The quantitative estimate of drug-likeness (QED) is 0.525. The Morgan fingerprint density at radius 3 is 2.63 bits per heavy atom. The normalized spacial score (nSPS) is 11.5. The van der Waals surface area contributed by atoms with Gasteiger partial charge in [0.15, 0.2) is 6.10 Å². The molecular weight excluding hydrogens is 244 g/mol. The lowest BCUT2D eigenvalue weighted by molar-refractivity contribution is -0.144. The molecule has 0 saturated carbocycles. The Bertz CT molecular complexity index is 360. The maximum Gasteiger partial charge on any atom is 0.305 e. The fourth-order valence-electron chi connectivity index (χ4n) is 1.34. The van der Waals surface area contributed by atoms with E-state index in [1.165, 1.54) is 6.92 Å². The molecule has 0 aromatic heterocycles. The van der Waals surface area contributed by atoms with Crippen molar-refractivity contribution in [3.8, 4) is 11.8 Å². The lowest BCUT2D eigenvalue weighted by Crippen LogP contribution is -2.15. The summed E-state index contributed by atoms with van der Waals surface area (Å²) >= 11 is 0. The Hall–Kier alpha value is -1.76. The number of allylic oxidation sites excluding steroid dienone is 2. The molecule has 0 fully saturated rings. The van der Waals surface area contributed by atoms with Gasteiger partial charge in [0.2, 0.25) is 0 Å². The SMILES string of the molecule is CC/C=C/C#C[C@H](CCCC(=O)OCC)OC(C)=O. The van der Waals surface area contributed by atoms with Gasteiger partial charge in [-0.15, -0.1) is 0 Å². The van der Waals surface area contributed by atoms with Gasteiger partial charge in [0.05, 0.1) is 6.61 Å². The highest BCUT2D eigenvalue weighted by Gasteiger charge is 2.10. The predicted octanol–water partition coefficient (Wildman–Crippen LogP) is 2.62. The van der Waals surface area contributed by atoms with Crippen LogP contribution in [0, 0.1) is 11.8 Å². The van der Waals surface area contributed by atoms with Crippen LogP contribution in [0.2, 0.25) is 0 Å². The first-order valence-electron chi connectivity index (χ1n) is 6.59. The molecule has 0 rings (SSSR count). The summed E-state index contributed by atoms with van der Waals surface area (Å²) in [5.41, 5.74) is 0. The number of carbonyl (C=O) groups is 2. The van der Waals surface area contributed by atoms with Crippen molar-refractivity contribution < 1.29 is 19.1 Å². The molecule has 0 aliphatic rings. The molecule has 0 aromatic rings. The Labute approximate surface area is 115 Å². The lowest BCUT2D eigenvalue weighted by atomic mass is 10.1.